The lowest BCUT2D eigenvalue weighted by atomic mass is 10.3. The maximum Gasteiger partial charge on any atom is 0.238 e. The second kappa shape index (κ2) is 3.67. The second-order valence-corrected chi connectivity index (χ2v) is 4.65. The van der Waals surface area contributed by atoms with Crippen LogP contribution in [-0.2, 0) is 7.05 Å². The largest absolute Gasteiger partial charge is 0.331 e. The Labute approximate surface area is 93.5 Å². The minimum Gasteiger partial charge on any atom is -0.331 e. The van der Waals surface area contributed by atoms with Gasteiger partial charge in [-0.1, -0.05) is 0 Å². The number of nitrogens with zero attached hydrogens (tertiary/aromatic N) is 2. The standard InChI is InChI=1S/C9H7BrN2OS/c1-12-3-2-11-9(12)8(13)7-4-6(10)5-14-7/h2-5H,1H3. The highest BCUT2D eigenvalue weighted by atomic mass is 79.9. The van der Waals surface area contributed by atoms with Crippen LogP contribution in [0.2, 0.25) is 0 Å². The van der Waals surface area contributed by atoms with Crippen molar-refractivity contribution in [3.63, 3.8) is 0 Å². The Morgan fingerprint density at radius 2 is 2.43 bits per heavy atom. The number of hydrogen-bond acceptors (Lipinski definition) is 3. The van der Waals surface area contributed by atoms with E-state index < -0.39 is 0 Å². The van der Waals surface area contributed by atoms with Gasteiger partial charge < -0.3 is 4.57 Å². The summed E-state index contributed by atoms with van der Waals surface area (Å²) in [5.41, 5.74) is 0. The van der Waals surface area contributed by atoms with Gasteiger partial charge in [0.15, 0.2) is 5.82 Å². The summed E-state index contributed by atoms with van der Waals surface area (Å²) in [6, 6.07) is 1.81. The van der Waals surface area contributed by atoms with Gasteiger partial charge in [0.2, 0.25) is 5.78 Å². The lowest BCUT2D eigenvalue weighted by Gasteiger charge is -1.96. The molecule has 72 valence electrons. The Hall–Kier alpha value is -0.940. The number of hydrogen-bond donors (Lipinski definition) is 0. The van der Waals surface area contributed by atoms with Crippen molar-refractivity contribution in [3.05, 3.63) is 39.0 Å². The predicted octanol–water partition coefficient (Wildman–Crippen LogP) is 2.48. The SMILES string of the molecule is Cn1ccnc1C(=O)c1cc(Br)cs1. The second-order valence-electron chi connectivity index (χ2n) is 2.82. The van der Waals surface area contributed by atoms with E-state index in [1.54, 1.807) is 17.0 Å². The lowest BCUT2D eigenvalue weighted by molar-refractivity contribution is 0.103. The zero-order valence-corrected chi connectivity index (χ0v) is 9.80. The molecule has 5 heteroatoms. The highest BCUT2D eigenvalue weighted by molar-refractivity contribution is 9.10. The molecule has 0 bridgehead atoms. The van der Waals surface area contributed by atoms with Crippen LogP contribution in [0.15, 0.2) is 28.3 Å². The van der Waals surface area contributed by atoms with Crippen LogP contribution in [-0.4, -0.2) is 15.3 Å². The predicted molar refractivity (Wildman–Crippen MR) is 58.7 cm³/mol. The van der Waals surface area contributed by atoms with E-state index in [4.69, 9.17) is 0 Å². The summed E-state index contributed by atoms with van der Waals surface area (Å²) in [5.74, 6) is 0.438. The highest BCUT2D eigenvalue weighted by Crippen LogP contribution is 2.21. The van der Waals surface area contributed by atoms with E-state index in [9.17, 15) is 4.79 Å². The molecule has 3 nitrogen and oxygen atoms in total. The van der Waals surface area contributed by atoms with Gasteiger partial charge in [0, 0.05) is 29.3 Å². The molecule has 2 heterocycles. The molecule has 0 atom stereocenters. The number of ketones is 1. The Morgan fingerprint density at radius 1 is 1.64 bits per heavy atom. The maximum atomic E-state index is 11.8. The first kappa shape index (κ1) is 9.61. The summed E-state index contributed by atoms with van der Waals surface area (Å²) in [5, 5.41) is 1.89. The van der Waals surface area contributed by atoms with E-state index in [-0.39, 0.29) is 5.78 Å². The molecule has 2 aromatic rings. The Balaban J connectivity index is 2.38. The van der Waals surface area contributed by atoms with Gasteiger partial charge >= 0.3 is 0 Å². The number of halogens is 1. The molecule has 2 aromatic heterocycles. The first-order chi connectivity index (χ1) is 6.68. The van der Waals surface area contributed by atoms with Crippen LogP contribution in [0.1, 0.15) is 15.5 Å². The number of carbonyl (C=O) groups is 1. The average molecular weight is 271 g/mol. The van der Waals surface area contributed by atoms with Crippen LogP contribution in [0, 0.1) is 0 Å². The van der Waals surface area contributed by atoms with Crippen molar-refractivity contribution in [2.45, 2.75) is 0 Å². The number of thiophene rings is 1. The van der Waals surface area contributed by atoms with Crippen molar-refractivity contribution in [2.75, 3.05) is 0 Å². The third kappa shape index (κ3) is 1.65. The fourth-order valence-corrected chi connectivity index (χ4v) is 2.49. The molecule has 0 spiro atoms. The van der Waals surface area contributed by atoms with Gasteiger partial charge in [-0.15, -0.1) is 11.3 Å². The first-order valence-electron chi connectivity index (χ1n) is 3.94. The highest BCUT2D eigenvalue weighted by Gasteiger charge is 2.15. The average Bonchev–Trinajstić information content (AvgIpc) is 2.73. The Morgan fingerprint density at radius 3 is 2.93 bits per heavy atom. The molecule has 0 saturated heterocycles. The molecule has 0 unspecified atom stereocenters. The third-order valence-electron chi connectivity index (χ3n) is 1.82. The van der Waals surface area contributed by atoms with Gasteiger partial charge in [0.1, 0.15) is 0 Å². The van der Waals surface area contributed by atoms with E-state index >= 15 is 0 Å². The minimum absolute atomic E-state index is 0.0341. The van der Waals surface area contributed by atoms with Crippen LogP contribution in [0.3, 0.4) is 0 Å². The maximum absolute atomic E-state index is 11.8. The van der Waals surface area contributed by atoms with Gasteiger partial charge in [-0.3, -0.25) is 4.79 Å². The summed E-state index contributed by atoms with van der Waals surface area (Å²) < 4.78 is 2.65. The number of rotatable bonds is 2. The van der Waals surface area contributed by atoms with E-state index in [1.165, 1.54) is 11.3 Å². The number of aromatic nitrogens is 2. The monoisotopic (exact) mass is 270 g/mol. The van der Waals surface area contributed by atoms with Crippen molar-refractivity contribution in [3.8, 4) is 0 Å². The van der Waals surface area contributed by atoms with Crippen molar-refractivity contribution in [2.24, 2.45) is 7.05 Å². The molecule has 0 amide bonds. The molecule has 0 aliphatic carbocycles. The van der Waals surface area contributed by atoms with Crippen LogP contribution in [0.5, 0.6) is 0 Å². The van der Waals surface area contributed by atoms with Crippen LogP contribution >= 0.6 is 27.3 Å². The van der Waals surface area contributed by atoms with E-state index in [2.05, 4.69) is 20.9 Å². The fourth-order valence-electron chi connectivity index (χ4n) is 1.13. The van der Waals surface area contributed by atoms with Gasteiger partial charge in [-0.05, 0) is 22.0 Å². The summed E-state index contributed by atoms with van der Waals surface area (Å²) in [6.07, 6.45) is 3.38. The van der Waals surface area contributed by atoms with Gasteiger partial charge in [-0.2, -0.15) is 0 Å². The molecule has 0 fully saturated rings. The van der Waals surface area contributed by atoms with Gasteiger partial charge in [0.05, 0.1) is 4.88 Å². The zero-order chi connectivity index (χ0) is 10.1. The Bertz CT molecular complexity index is 475. The molecule has 0 aliphatic rings. The molecule has 0 N–H and O–H groups in total. The summed E-state index contributed by atoms with van der Waals surface area (Å²) in [6.45, 7) is 0. The minimum atomic E-state index is -0.0341. The molecular weight excluding hydrogens is 264 g/mol. The van der Waals surface area contributed by atoms with Gasteiger partial charge in [0.25, 0.3) is 0 Å². The number of imidazole rings is 1. The van der Waals surface area contributed by atoms with Gasteiger partial charge in [-0.25, -0.2) is 4.98 Å². The number of aryl methyl sites for hydroxylation is 1. The van der Waals surface area contributed by atoms with Crippen LogP contribution in [0.25, 0.3) is 0 Å². The van der Waals surface area contributed by atoms with Crippen molar-refractivity contribution >= 4 is 33.0 Å². The van der Waals surface area contributed by atoms with Crippen molar-refractivity contribution in [1.29, 1.82) is 0 Å². The van der Waals surface area contributed by atoms with E-state index in [0.29, 0.717) is 10.7 Å². The Kier molecular flexibility index (Phi) is 2.52. The summed E-state index contributed by atoms with van der Waals surface area (Å²) in [4.78, 5) is 16.6. The smallest absolute Gasteiger partial charge is 0.238 e. The summed E-state index contributed by atoms with van der Waals surface area (Å²) >= 11 is 4.73. The molecule has 2 rings (SSSR count). The lowest BCUT2D eigenvalue weighted by Crippen LogP contribution is -2.06. The van der Waals surface area contributed by atoms with E-state index in [0.717, 1.165) is 4.47 Å². The topological polar surface area (TPSA) is 34.9 Å². The molecule has 14 heavy (non-hydrogen) atoms. The van der Waals surface area contributed by atoms with E-state index in [1.807, 2.05) is 18.5 Å². The third-order valence-corrected chi connectivity index (χ3v) is 3.51. The number of carbonyl (C=O) groups excluding carboxylic acids is 1. The van der Waals surface area contributed by atoms with Crippen molar-refractivity contribution in [1.82, 2.24) is 9.55 Å². The molecular formula is C9H7BrN2OS. The normalized spacial score (nSPS) is 10.4. The zero-order valence-electron chi connectivity index (χ0n) is 7.40. The fraction of sp³-hybridized carbons (Fsp3) is 0.111. The first-order valence-corrected chi connectivity index (χ1v) is 5.62. The van der Waals surface area contributed by atoms with Crippen molar-refractivity contribution < 1.29 is 4.79 Å². The van der Waals surface area contributed by atoms with Crippen LogP contribution < -0.4 is 0 Å². The molecule has 0 aromatic carbocycles. The molecule has 0 saturated carbocycles. The molecule has 0 aliphatic heterocycles. The quantitative estimate of drug-likeness (QED) is 0.786. The summed E-state index contributed by atoms with van der Waals surface area (Å²) in [7, 11) is 1.81. The van der Waals surface area contributed by atoms with Crippen LogP contribution in [0.4, 0.5) is 0 Å². The molecule has 0 radical (unpaired) electrons.